The van der Waals surface area contributed by atoms with Crippen molar-refractivity contribution < 1.29 is 27.1 Å². The van der Waals surface area contributed by atoms with Gasteiger partial charge in [-0.3, -0.25) is 10.1 Å². The first-order valence-corrected chi connectivity index (χ1v) is 10.0. The molecule has 0 atom stereocenters. The molecule has 0 aliphatic carbocycles. The minimum absolute atomic E-state index is 0.00501. The molecule has 0 unspecified atom stereocenters. The predicted octanol–water partition coefficient (Wildman–Crippen LogP) is 3.33. The fourth-order valence-electron chi connectivity index (χ4n) is 2.24. The number of halogens is 1. The van der Waals surface area contributed by atoms with Gasteiger partial charge in [0.1, 0.15) is 11.4 Å². The van der Waals surface area contributed by atoms with Crippen LogP contribution in [0.25, 0.3) is 0 Å². The van der Waals surface area contributed by atoms with Crippen LogP contribution in [0.5, 0.6) is 0 Å². The molecule has 29 heavy (non-hydrogen) atoms. The molecule has 0 aliphatic rings. The summed E-state index contributed by atoms with van der Waals surface area (Å²) in [5.41, 5.74) is -0.424. The van der Waals surface area contributed by atoms with Gasteiger partial charge in [-0.1, -0.05) is 0 Å². The topological polar surface area (TPSA) is 114 Å². The Morgan fingerprint density at radius 2 is 1.59 bits per heavy atom. The van der Waals surface area contributed by atoms with Crippen LogP contribution in [0.1, 0.15) is 31.1 Å². The smallest absolute Gasteiger partial charge is 0.412 e. The summed E-state index contributed by atoms with van der Waals surface area (Å²) in [6.45, 7) is 5.08. The minimum Gasteiger partial charge on any atom is -0.444 e. The quantitative estimate of drug-likeness (QED) is 0.683. The number of nitrogens with one attached hydrogen (secondary N) is 3. The third-order valence-electron chi connectivity index (χ3n) is 3.56. The van der Waals surface area contributed by atoms with Crippen molar-refractivity contribution in [3.8, 4) is 0 Å². The third kappa shape index (κ3) is 6.26. The Hall–Kier alpha value is -2.98. The van der Waals surface area contributed by atoms with E-state index in [1.165, 1.54) is 37.4 Å². The first-order valence-electron chi connectivity index (χ1n) is 8.56. The average molecular weight is 423 g/mol. The molecule has 2 aromatic carbocycles. The largest absolute Gasteiger partial charge is 0.444 e. The summed E-state index contributed by atoms with van der Waals surface area (Å²) in [7, 11) is -2.36. The lowest BCUT2D eigenvalue weighted by Crippen LogP contribution is -2.27. The van der Waals surface area contributed by atoms with Gasteiger partial charge in [-0.2, -0.15) is 0 Å². The van der Waals surface area contributed by atoms with Crippen molar-refractivity contribution in [2.45, 2.75) is 31.3 Å². The first kappa shape index (κ1) is 22.3. The van der Waals surface area contributed by atoms with Gasteiger partial charge in [-0.05, 0) is 70.3 Å². The zero-order valence-corrected chi connectivity index (χ0v) is 17.2. The number of carbonyl (C=O) groups is 2. The molecule has 2 aromatic rings. The number of amides is 2. The van der Waals surface area contributed by atoms with Gasteiger partial charge < -0.3 is 10.1 Å². The Labute approximate surface area is 168 Å². The number of anilines is 2. The minimum atomic E-state index is -3.63. The number of hydrogen-bond acceptors (Lipinski definition) is 5. The molecule has 0 bridgehead atoms. The van der Waals surface area contributed by atoms with E-state index in [0.29, 0.717) is 0 Å². The zero-order chi connectivity index (χ0) is 21.8. The standard InChI is InChI=1S/C19H22FN3O5S/c1-19(2,3)28-18(25)23-15-10-7-13(20)11-16(15)22-17(24)12-5-8-14(9-6-12)29(26,27)21-4/h5-11,21H,1-4H3,(H,22,24)(H,23,25). The molecule has 0 spiro atoms. The molecule has 10 heteroatoms. The van der Waals surface area contributed by atoms with E-state index in [2.05, 4.69) is 15.4 Å². The van der Waals surface area contributed by atoms with Crippen LogP contribution >= 0.6 is 0 Å². The number of sulfonamides is 1. The van der Waals surface area contributed by atoms with Crippen molar-refractivity contribution in [3.63, 3.8) is 0 Å². The summed E-state index contributed by atoms with van der Waals surface area (Å²) >= 11 is 0. The van der Waals surface area contributed by atoms with Crippen LogP contribution in [0.3, 0.4) is 0 Å². The maximum absolute atomic E-state index is 13.7. The number of rotatable bonds is 5. The highest BCUT2D eigenvalue weighted by atomic mass is 32.2. The van der Waals surface area contributed by atoms with E-state index in [4.69, 9.17) is 4.74 Å². The zero-order valence-electron chi connectivity index (χ0n) is 16.4. The highest BCUT2D eigenvalue weighted by Gasteiger charge is 2.19. The van der Waals surface area contributed by atoms with Gasteiger partial charge in [0, 0.05) is 5.56 Å². The monoisotopic (exact) mass is 423 g/mol. The summed E-state index contributed by atoms with van der Waals surface area (Å²) in [6, 6.07) is 8.64. The van der Waals surface area contributed by atoms with Crippen LogP contribution in [0.15, 0.2) is 47.4 Å². The molecular weight excluding hydrogens is 401 g/mol. The van der Waals surface area contributed by atoms with E-state index in [1.54, 1.807) is 20.8 Å². The van der Waals surface area contributed by atoms with Crippen LogP contribution < -0.4 is 15.4 Å². The van der Waals surface area contributed by atoms with Crippen molar-refractivity contribution in [3.05, 3.63) is 53.8 Å². The Bertz CT molecular complexity index is 1020. The lowest BCUT2D eigenvalue weighted by molar-refractivity contribution is 0.0635. The molecule has 3 N–H and O–H groups in total. The summed E-state index contributed by atoms with van der Waals surface area (Å²) in [5, 5.41) is 4.95. The first-order chi connectivity index (χ1) is 13.4. The highest BCUT2D eigenvalue weighted by molar-refractivity contribution is 7.89. The summed E-state index contributed by atoms with van der Waals surface area (Å²) in [6.07, 6.45) is -0.763. The normalized spacial score (nSPS) is 11.6. The average Bonchev–Trinajstić information content (AvgIpc) is 2.62. The maximum Gasteiger partial charge on any atom is 0.412 e. The second-order valence-corrected chi connectivity index (χ2v) is 8.89. The molecule has 0 radical (unpaired) electrons. The van der Waals surface area contributed by atoms with Crippen LogP contribution in [0, 0.1) is 5.82 Å². The Balaban J connectivity index is 2.21. The lowest BCUT2D eigenvalue weighted by Gasteiger charge is -2.20. The predicted molar refractivity (Wildman–Crippen MR) is 107 cm³/mol. The van der Waals surface area contributed by atoms with Gasteiger partial charge >= 0.3 is 6.09 Å². The molecule has 0 saturated carbocycles. The lowest BCUT2D eigenvalue weighted by atomic mass is 10.2. The van der Waals surface area contributed by atoms with Gasteiger partial charge in [-0.25, -0.2) is 22.3 Å². The molecule has 0 heterocycles. The van der Waals surface area contributed by atoms with E-state index in [0.717, 1.165) is 12.1 Å². The Kier molecular flexibility index (Phi) is 6.60. The van der Waals surface area contributed by atoms with Gasteiger partial charge in [-0.15, -0.1) is 0 Å². The van der Waals surface area contributed by atoms with Crippen LogP contribution in [-0.4, -0.2) is 33.1 Å². The van der Waals surface area contributed by atoms with Crippen molar-refractivity contribution in [1.29, 1.82) is 0 Å². The van der Waals surface area contributed by atoms with Gasteiger partial charge in [0.25, 0.3) is 5.91 Å². The van der Waals surface area contributed by atoms with Crippen LogP contribution in [0.4, 0.5) is 20.6 Å². The third-order valence-corrected chi connectivity index (χ3v) is 4.99. The molecule has 0 aliphatic heterocycles. The second kappa shape index (κ2) is 8.58. The summed E-state index contributed by atoms with van der Waals surface area (Å²) < 4.78 is 44.5. The van der Waals surface area contributed by atoms with Crippen LogP contribution in [-0.2, 0) is 14.8 Å². The molecule has 0 aromatic heterocycles. The molecule has 0 saturated heterocycles. The van der Waals surface area contributed by atoms with E-state index < -0.39 is 33.4 Å². The summed E-state index contributed by atoms with van der Waals surface area (Å²) in [4.78, 5) is 24.5. The van der Waals surface area contributed by atoms with E-state index in [9.17, 15) is 22.4 Å². The fourth-order valence-corrected chi connectivity index (χ4v) is 2.97. The Morgan fingerprint density at radius 1 is 0.966 bits per heavy atom. The number of carbonyl (C=O) groups excluding carboxylic acids is 2. The summed E-state index contributed by atoms with van der Waals surface area (Å²) in [5.74, 6) is -1.23. The molecule has 2 amide bonds. The van der Waals surface area contributed by atoms with Gasteiger partial charge in [0.15, 0.2) is 0 Å². The van der Waals surface area contributed by atoms with Crippen LogP contribution in [0.2, 0.25) is 0 Å². The molecule has 2 rings (SSSR count). The van der Waals surface area contributed by atoms with Crippen molar-refractivity contribution >= 4 is 33.4 Å². The number of benzene rings is 2. The van der Waals surface area contributed by atoms with Crippen molar-refractivity contribution in [2.24, 2.45) is 0 Å². The van der Waals surface area contributed by atoms with Crippen molar-refractivity contribution in [2.75, 3.05) is 17.7 Å². The molecule has 156 valence electrons. The SMILES string of the molecule is CNS(=O)(=O)c1ccc(C(=O)Nc2cc(F)ccc2NC(=O)OC(C)(C)C)cc1. The Morgan fingerprint density at radius 3 is 2.14 bits per heavy atom. The molecule has 8 nitrogen and oxygen atoms in total. The van der Waals surface area contributed by atoms with Gasteiger partial charge in [0.05, 0.1) is 16.3 Å². The molecule has 0 fully saturated rings. The maximum atomic E-state index is 13.7. The van der Waals surface area contributed by atoms with E-state index >= 15 is 0 Å². The second-order valence-electron chi connectivity index (χ2n) is 7.00. The van der Waals surface area contributed by atoms with E-state index in [1.807, 2.05) is 0 Å². The fraction of sp³-hybridized carbons (Fsp3) is 0.263. The van der Waals surface area contributed by atoms with E-state index in [-0.39, 0.29) is 21.8 Å². The highest BCUT2D eigenvalue weighted by Crippen LogP contribution is 2.24. The number of ether oxygens (including phenoxy) is 1. The number of hydrogen-bond donors (Lipinski definition) is 3. The molecular formula is C19H22FN3O5S. The van der Waals surface area contributed by atoms with Crippen molar-refractivity contribution in [1.82, 2.24) is 4.72 Å². The van der Waals surface area contributed by atoms with Gasteiger partial charge in [0.2, 0.25) is 10.0 Å².